The third-order valence-electron chi connectivity index (χ3n) is 6.39. The van der Waals surface area contributed by atoms with Crippen LogP contribution in [0.1, 0.15) is 70.6 Å². The number of anilines is 1. The number of nitrogens with zero attached hydrogens (tertiary/aromatic N) is 2. The second kappa shape index (κ2) is 11.2. The molecule has 1 aliphatic carbocycles. The number of nitrogen functional groups attached to an aromatic ring is 1. The summed E-state index contributed by atoms with van der Waals surface area (Å²) < 4.78 is 25.5. The van der Waals surface area contributed by atoms with Gasteiger partial charge >= 0.3 is 5.97 Å². The molecule has 1 heterocycles. The lowest BCUT2D eigenvalue weighted by molar-refractivity contribution is -0.120. The summed E-state index contributed by atoms with van der Waals surface area (Å²) in [5, 5.41) is 7.42. The summed E-state index contributed by atoms with van der Waals surface area (Å²) in [7, 11) is 1.41. The molecule has 4 rings (SSSR count). The number of Topliss-reactive ketones (excluding diaryl/α,β-unsaturated/α-hetero) is 1. The van der Waals surface area contributed by atoms with E-state index >= 15 is 0 Å². The Labute approximate surface area is 213 Å². The van der Waals surface area contributed by atoms with E-state index in [4.69, 9.17) is 15.2 Å². The van der Waals surface area contributed by atoms with Gasteiger partial charge in [-0.3, -0.25) is 9.59 Å². The Kier molecular flexibility index (Phi) is 7.86. The van der Waals surface area contributed by atoms with Crippen molar-refractivity contribution < 1.29 is 28.2 Å². The molecule has 0 bridgehead atoms. The van der Waals surface area contributed by atoms with Crippen LogP contribution in [-0.2, 0) is 16.1 Å². The number of esters is 1. The van der Waals surface area contributed by atoms with Crippen LogP contribution < -0.4 is 15.8 Å². The van der Waals surface area contributed by atoms with Crippen LogP contribution in [0.3, 0.4) is 0 Å². The van der Waals surface area contributed by atoms with E-state index in [1.54, 1.807) is 31.2 Å². The molecular weight excluding hydrogens is 479 g/mol. The molecular formula is C27H29FN4O5. The van der Waals surface area contributed by atoms with Gasteiger partial charge in [0.15, 0.2) is 5.69 Å². The van der Waals surface area contributed by atoms with Crippen LogP contribution in [-0.4, -0.2) is 41.2 Å². The molecule has 0 aliphatic heterocycles. The van der Waals surface area contributed by atoms with Gasteiger partial charge in [0, 0.05) is 25.3 Å². The zero-order valence-corrected chi connectivity index (χ0v) is 20.8. The minimum atomic E-state index is -0.578. The van der Waals surface area contributed by atoms with Crippen LogP contribution >= 0.6 is 0 Å². The minimum absolute atomic E-state index is 0.0126. The van der Waals surface area contributed by atoms with E-state index in [0.29, 0.717) is 37.1 Å². The number of aromatic nitrogens is 2. The molecule has 0 saturated heterocycles. The van der Waals surface area contributed by atoms with Gasteiger partial charge in [-0.15, -0.1) is 0 Å². The molecule has 1 aliphatic rings. The molecule has 0 unspecified atom stereocenters. The molecule has 1 amide bonds. The number of benzene rings is 2. The quantitative estimate of drug-likeness (QED) is 0.442. The van der Waals surface area contributed by atoms with Crippen LogP contribution in [0.25, 0.3) is 5.69 Å². The fraction of sp³-hybridized carbons (Fsp3) is 0.333. The van der Waals surface area contributed by atoms with Crippen molar-refractivity contribution >= 4 is 23.3 Å². The molecule has 0 radical (unpaired) electrons. The highest BCUT2D eigenvalue weighted by atomic mass is 19.1. The number of rotatable bonds is 8. The van der Waals surface area contributed by atoms with E-state index in [-0.39, 0.29) is 47.5 Å². The first kappa shape index (κ1) is 25.9. The molecule has 3 aromatic rings. The first-order valence-electron chi connectivity index (χ1n) is 12.1. The summed E-state index contributed by atoms with van der Waals surface area (Å²) in [6, 6.07) is 10.8. The number of nitrogens with two attached hydrogens (primary N) is 1. The molecule has 194 valence electrons. The predicted molar refractivity (Wildman–Crippen MR) is 134 cm³/mol. The van der Waals surface area contributed by atoms with Gasteiger partial charge in [0.2, 0.25) is 0 Å². The number of amides is 1. The van der Waals surface area contributed by atoms with Crippen LogP contribution in [0.5, 0.6) is 5.75 Å². The highest BCUT2D eigenvalue weighted by Crippen LogP contribution is 2.36. The highest BCUT2D eigenvalue weighted by molar-refractivity contribution is 5.97. The summed E-state index contributed by atoms with van der Waals surface area (Å²) >= 11 is 0. The fourth-order valence-corrected chi connectivity index (χ4v) is 4.43. The number of nitrogens with one attached hydrogen (secondary N) is 1. The van der Waals surface area contributed by atoms with Gasteiger partial charge in [-0.25, -0.2) is 13.9 Å². The lowest BCUT2D eigenvalue weighted by atomic mass is 9.85. The van der Waals surface area contributed by atoms with Gasteiger partial charge in [-0.2, -0.15) is 5.10 Å². The van der Waals surface area contributed by atoms with E-state index in [0.717, 1.165) is 11.6 Å². The van der Waals surface area contributed by atoms with Gasteiger partial charge in [0.25, 0.3) is 5.91 Å². The van der Waals surface area contributed by atoms with Crippen LogP contribution in [0.15, 0.2) is 42.5 Å². The first-order chi connectivity index (χ1) is 17.8. The number of hydrogen-bond acceptors (Lipinski definition) is 7. The van der Waals surface area contributed by atoms with E-state index in [9.17, 15) is 18.8 Å². The van der Waals surface area contributed by atoms with E-state index in [2.05, 4.69) is 10.4 Å². The van der Waals surface area contributed by atoms with Gasteiger partial charge in [-0.1, -0.05) is 12.1 Å². The molecule has 0 atom stereocenters. The Morgan fingerprint density at radius 2 is 1.86 bits per heavy atom. The second-order valence-electron chi connectivity index (χ2n) is 8.79. The summed E-state index contributed by atoms with van der Waals surface area (Å²) in [6.45, 7) is 2.09. The van der Waals surface area contributed by atoms with Crippen molar-refractivity contribution in [3.8, 4) is 11.4 Å². The summed E-state index contributed by atoms with van der Waals surface area (Å²) in [5.74, 6) is -1.10. The number of methoxy groups -OCH3 is 1. The van der Waals surface area contributed by atoms with Crippen molar-refractivity contribution in [3.63, 3.8) is 0 Å². The predicted octanol–water partition coefficient (Wildman–Crippen LogP) is 3.94. The lowest BCUT2D eigenvalue weighted by Gasteiger charge is -2.19. The number of carbonyl (C=O) groups excluding carboxylic acids is 3. The van der Waals surface area contributed by atoms with Crippen molar-refractivity contribution in [1.82, 2.24) is 15.1 Å². The van der Waals surface area contributed by atoms with E-state index in [1.165, 1.54) is 23.9 Å². The van der Waals surface area contributed by atoms with Gasteiger partial charge in [0.05, 0.1) is 36.3 Å². The average Bonchev–Trinajstić information content (AvgIpc) is 3.25. The van der Waals surface area contributed by atoms with E-state index in [1.807, 2.05) is 0 Å². The van der Waals surface area contributed by atoms with Crippen molar-refractivity contribution in [2.45, 2.75) is 45.1 Å². The van der Waals surface area contributed by atoms with Gasteiger partial charge in [0.1, 0.15) is 17.3 Å². The Hall–Kier alpha value is -4.21. The Bertz CT molecular complexity index is 1310. The summed E-state index contributed by atoms with van der Waals surface area (Å²) in [6.07, 6.45) is 2.20. The van der Waals surface area contributed by atoms with Crippen LogP contribution in [0.4, 0.5) is 10.1 Å². The van der Waals surface area contributed by atoms with Gasteiger partial charge < -0.3 is 20.5 Å². The van der Waals surface area contributed by atoms with Crippen LogP contribution in [0.2, 0.25) is 0 Å². The van der Waals surface area contributed by atoms with Crippen molar-refractivity contribution in [3.05, 3.63) is 70.8 Å². The SMILES string of the molecule is CCOC(=O)c1c(N)c(C2CCC(=O)CC2)nn1-c1ccc(CNC(=O)c2cc(F)ccc2OC)cc1. The van der Waals surface area contributed by atoms with Crippen molar-refractivity contribution in [2.24, 2.45) is 0 Å². The third kappa shape index (κ3) is 5.63. The molecule has 9 nitrogen and oxygen atoms in total. The number of carbonyl (C=O) groups is 3. The van der Waals surface area contributed by atoms with Crippen molar-refractivity contribution in [2.75, 3.05) is 19.5 Å². The molecule has 10 heteroatoms. The van der Waals surface area contributed by atoms with Crippen LogP contribution in [0, 0.1) is 5.82 Å². The monoisotopic (exact) mass is 508 g/mol. The number of halogens is 1. The molecule has 37 heavy (non-hydrogen) atoms. The Balaban J connectivity index is 1.55. The number of hydrogen-bond donors (Lipinski definition) is 2. The second-order valence-corrected chi connectivity index (χ2v) is 8.79. The molecule has 2 aromatic carbocycles. The standard InChI is InChI=1S/C27H29FN4O5/c1-3-37-27(35)25-23(29)24(17-6-11-20(33)12-7-17)31-32(25)19-9-4-16(5-10-19)15-30-26(34)21-14-18(28)8-13-22(21)36-2/h4-5,8-10,13-14,17H,3,6-7,11-12,15,29H2,1-2H3,(H,30,34). The zero-order valence-electron chi connectivity index (χ0n) is 20.8. The minimum Gasteiger partial charge on any atom is -0.496 e. The molecule has 1 saturated carbocycles. The summed E-state index contributed by atoms with van der Waals surface area (Å²) in [4.78, 5) is 37.0. The Morgan fingerprint density at radius 1 is 1.16 bits per heavy atom. The number of ether oxygens (including phenoxy) is 2. The Morgan fingerprint density at radius 3 is 2.51 bits per heavy atom. The highest BCUT2D eigenvalue weighted by Gasteiger charge is 2.30. The fourth-order valence-electron chi connectivity index (χ4n) is 4.43. The molecule has 3 N–H and O–H groups in total. The lowest BCUT2D eigenvalue weighted by Crippen LogP contribution is -2.23. The maximum Gasteiger partial charge on any atom is 0.359 e. The smallest absolute Gasteiger partial charge is 0.359 e. The normalized spacial score (nSPS) is 13.9. The van der Waals surface area contributed by atoms with Gasteiger partial charge in [-0.05, 0) is 55.7 Å². The zero-order chi connectivity index (χ0) is 26.5. The van der Waals surface area contributed by atoms with E-state index < -0.39 is 17.7 Å². The third-order valence-corrected chi connectivity index (χ3v) is 6.39. The maximum atomic E-state index is 13.6. The topological polar surface area (TPSA) is 126 Å². The molecule has 1 aromatic heterocycles. The molecule has 0 spiro atoms. The maximum absolute atomic E-state index is 13.6. The summed E-state index contributed by atoms with van der Waals surface area (Å²) in [5.41, 5.74) is 8.85. The number of ketones is 1. The molecule has 1 fully saturated rings. The van der Waals surface area contributed by atoms with Crippen molar-refractivity contribution in [1.29, 1.82) is 0 Å². The first-order valence-corrected chi connectivity index (χ1v) is 12.1. The largest absolute Gasteiger partial charge is 0.496 e. The average molecular weight is 509 g/mol.